The molecule has 0 saturated carbocycles. The first-order valence-electron chi connectivity index (χ1n) is 8.99. The number of hydrogen-bond acceptors (Lipinski definition) is 6. The first-order chi connectivity index (χ1) is 12.4. The van der Waals surface area contributed by atoms with Crippen LogP contribution in [-0.2, 0) is 16.5 Å². The molecule has 0 radical (unpaired) electrons. The van der Waals surface area contributed by atoms with Crippen molar-refractivity contribution in [2.45, 2.75) is 26.8 Å². The first-order valence-corrected chi connectivity index (χ1v) is 8.99. The van der Waals surface area contributed by atoms with Crippen molar-refractivity contribution >= 4 is 17.9 Å². The minimum atomic E-state index is -0.469. The van der Waals surface area contributed by atoms with E-state index in [9.17, 15) is 9.59 Å². The fourth-order valence-corrected chi connectivity index (χ4v) is 2.96. The summed E-state index contributed by atoms with van der Waals surface area (Å²) in [5.41, 5.74) is 0.288. The number of imidazole rings is 1. The quantitative estimate of drug-likeness (QED) is 0.700. The predicted molar refractivity (Wildman–Crippen MR) is 97.2 cm³/mol. The van der Waals surface area contributed by atoms with E-state index in [4.69, 9.17) is 9.47 Å². The van der Waals surface area contributed by atoms with Crippen LogP contribution in [0.3, 0.4) is 0 Å². The van der Waals surface area contributed by atoms with Crippen molar-refractivity contribution < 1.29 is 19.1 Å². The Morgan fingerprint density at radius 2 is 2.04 bits per heavy atom. The van der Waals surface area contributed by atoms with E-state index in [0.717, 1.165) is 26.3 Å². The Bertz CT molecular complexity index is 610. The number of nitrogens with zero attached hydrogens (tertiary/aromatic N) is 3. The molecule has 2 N–H and O–H groups in total. The van der Waals surface area contributed by atoms with Crippen LogP contribution in [0.25, 0.3) is 0 Å². The second kappa shape index (κ2) is 9.54. The molecule has 0 unspecified atom stereocenters. The average molecular weight is 367 g/mol. The zero-order chi connectivity index (χ0) is 19.1. The number of morpholine rings is 1. The molecule has 146 valence electrons. The second-order valence-corrected chi connectivity index (χ2v) is 6.54. The summed E-state index contributed by atoms with van der Waals surface area (Å²) in [7, 11) is 1.65. The normalized spacial score (nSPS) is 16.3. The lowest BCUT2D eigenvalue weighted by molar-refractivity contribution is 0.00728. The van der Waals surface area contributed by atoms with E-state index in [1.807, 2.05) is 0 Å². The van der Waals surface area contributed by atoms with Crippen molar-refractivity contribution in [1.29, 1.82) is 0 Å². The van der Waals surface area contributed by atoms with Crippen molar-refractivity contribution in [2.75, 3.05) is 44.8 Å². The topological polar surface area (TPSA) is 97.7 Å². The first kappa shape index (κ1) is 20.2. The minimum absolute atomic E-state index is 0.237. The molecule has 1 aromatic rings. The molecule has 1 aromatic heterocycles. The molecule has 1 fully saturated rings. The molecule has 1 aliphatic rings. The van der Waals surface area contributed by atoms with Gasteiger partial charge in [-0.1, -0.05) is 13.8 Å². The van der Waals surface area contributed by atoms with Gasteiger partial charge in [-0.15, -0.1) is 0 Å². The van der Waals surface area contributed by atoms with E-state index in [2.05, 4.69) is 34.4 Å². The monoisotopic (exact) mass is 367 g/mol. The Balaban J connectivity index is 1.90. The number of rotatable bonds is 7. The number of ether oxygens (including phenoxy) is 2. The molecule has 2 amide bonds. The second-order valence-electron chi connectivity index (χ2n) is 6.54. The van der Waals surface area contributed by atoms with Crippen LogP contribution >= 0.6 is 0 Å². The molecule has 0 aromatic carbocycles. The van der Waals surface area contributed by atoms with Crippen LogP contribution < -0.4 is 10.6 Å². The minimum Gasteiger partial charge on any atom is -0.461 e. The molecule has 0 spiro atoms. The van der Waals surface area contributed by atoms with Crippen molar-refractivity contribution in [3.63, 3.8) is 0 Å². The number of hydrogen-bond donors (Lipinski definition) is 2. The summed E-state index contributed by atoms with van der Waals surface area (Å²) in [5.74, 6) is 0.221. The van der Waals surface area contributed by atoms with Gasteiger partial charge in [-0.25, -0.2) is 14.6 Å². The smallest absolute Gasteiger partial charge is 0.356 e. The van der Waals surface area contributed by atoms with Crippen LogP contribution in [0.5, 0.6) is 0 Å². The van der Waals surface area contributed by atoms with Gasteiger partial charge in [0.25, 0.3) is 0 Å². The number of amides is 2. The Morgan fingerprint density at radius 3 is 2.65 bits per heavy atom. The Kier molecular flexibility index (Phi) is 7.40. The fraction of sp³-hybridized carbons (Fsp3) is 0.706. The van der Waals surface area contributed by atoms with Gasteiger partial charge in [-0.3, -0.25) is 10.2 Å². The summed E-state index contributed by atoms with van der Waals surface area (Å²) in [4.78, 5) is 30.5. The lowest BCUT2D eigenvalue weighted by atomic mass is 10.0. The van der Waals surface area contributed by atoms with Crippen molar-refractivity contribution in [3.8, 4) is 0 Å². The van der Waals surface area contributed by atoms with Crippen LogP contribution in [0.2, 0.25) is 0 Å². The van der Waals surface area contributed by atoms with Crippen molar-refractivity contribution in [3.05, 3.63) is 11.9 Å². The largest absolute Gasteiger partial charge is 0.461 e. The number of carbonyl (C=O) groups is 2. The van der Waals surface area contributed by atoms with Gasteiger partial charge >= 0.3 is 12.0 Å². The van der Waals surface area contributed by atoms with Gasteiger partial charge in [0, 0.05) is 32.7 Å². The molecule has 1 atom stereocenters. The summed E-state index contributed by atoms with van der Waals surface area (Å²) in [5, 5.41) is 5.57. The van der Waals surface area contributed by atoms with Gasteiger partial charge < -0.3 is 19.4 Å². The number of anilines is 1. The Labute approximate surface area is 154 Å². The lowest BCUT2D eigenvalue weighted by Crippen LogP contribution is -2.51. The Morgan fingerprint density at radius 1 is 1.35 bits per heavy atom. The number of carbonyl (C=O) groups excluding carboxylic acids is 2. The molecule has 0 aliphatic carbocycles. The summed E-state index contributed by atoms with van der Waals surface area (Å²) in [6.45, 7) is 10.0. The number of nitrogens with one attached hydrogen (secondary N) is 2. The lowest BCUT2D eigenvalue weighted by Gasteiger charge is -2.36. The molecular formula is C17H29N5O4. The van der Waals surface area contributed by atoms with Gasteiger partial charge in [-0.2, -0.15) is 0 Å². The highest BCUT2D eigenvalue weighted by Crippen LogP contribution is 2.13. The summed E-state index contributed by atoms with van der Waals surface area (Å²) in [6, 6.07) is -0.117. The van der Waals surface area contributed by atoms with Crippen LogP contribution in [0.1, 0.15) is 31.3 Å². The zero-order valence-corrected chi connectivity index (χ0v) is 15.9. The highest BCUT2D eigenvalue weighted by atomic mass is 16.5. The number of aromatic nitrogens is 2. The maximum Gasteiger partial charge on any atom is 0.356 e. The molecule has 1 aliphatic heterocycles. The molecule has 2 rings (SSSR count). The van der Waals surface area contributed by atoms with Gasteiger partial charge in [0.1, 0.15) is 5.69 Å². The van der Waals surface area contributed by atoms with E-state index in [0.29, 0.717) is 12.5 Å². The molecule has 2 heterocycles. The third kappa shape index (κ3) is 5.18. The highest BCUT2D eigenvalue weighted by molar-refractivity contribution is 5.91. The number of urea groups is 1. The van der Waals surface area contributed by atoms with Crippen molar-refractivity contribution in [2.24, 2.45) is 13.0 Å². The van der Waals surface area contributed by atoms with E-state index < -0.39 is 5.97 Å². The van der Waals surface area contributed by atoms with Crippen LogP contribution in [0.15, 0.2) is 6.20 Å². The SMILES string of the molecule is CCOC(=O)c1cnc(NC(=O)NC[C@H](C(C)C)N2CCOCC2)n1C. The van der Waals surface area contributed by atoms with E-state index in [1.165, 1.54) is 10.8 Å². The van der Waals surface area contributed by atoms with Crippen LogP contribution in [-0.4, -0.2) is 71.9 Å². The average Bonchev–Trinajstić information content (AvgIpc) is 2.96. The molecule has 1 saturated heterocycles. The number of esters is 1. The van der Waals surface area contributed by atoms with E-state index in [-0.39, 0.29) is 30.3 Å². The van der Waals surface area contributed by atoms with Crippen LogP contribution in [0.4, 0.5) is 10.7 Å². The van der Waals surface area contributed by atoms with Crippen molar-refractivity contribution in [1.82, 2.24) is 19.8 Å². The zero-order valence-electron chi connectivity index (χ0n) is 15.9. The maximum atomic E-state index is 12.2. The maximum absolute atomic E-state index is 12.2. The van der Waals surface area contributed by atoms with E-state index >= 15 is 0 Å². The Hall–Kier alpha value is -2.13. The van der Waals surface area contributed by atoms with Gasteiger partial charge in [-0.05, 0) is 12.8 Å². The summed E-state index contributed by atoms with van der Waals surface area (Å²) < 4.78 is 11.9. The predicted octanol–water partition coefficient (Wildman–Crippen LogP) is 1.08. The summed E-state index contributed by atoms with van der Waals surface area (Å²) >= 11 is 0. The van der Waals surface area contributed by atoms with Gasteiger partial charge in [0.05, 0.1) is 26.0 Å². The molecular weight excluding hydrogens is 338 g/mol. The van der Waals surface area contributed by atoms with Crippen LogP contribution in [0, 0.1) is 5.92 Å². The standard InChI is InChI=1S/C17H29N5O4/c1-5-26-15(23)14-11-18-16(21(14)4)20-17(24)19-10-13(12(2)3)22-6-8-25-9-7-22/h11-13H,5-10H2,1-4H3,(H2,18,19,20,24)/t13-/m1/s1. The molecule has 0 bridgehead atoms. The molecule has 26 heavy (non-hydrogen) atoms. The third-order valence-corrected chi connectivity index (χ3v) is 4.45. The van der Waals surface area contributed by atoms with Gasteiger partial charge in [0.15, 0.2) is 0 Å². The molecule has 9 heteroatoms. The summed E-state index contributed by atoms with van der Waals surface area (Å²) in [6.07, 6.45) is 1.39. The third-order valence-electron chi connectivity index (χ3n) is 4.45. The van der Waals surface area contributed by atoms with Gasteiger partial charge in [0.2, 0.25) is 5.95 Å². The molecule has 9 nitrogen and oxygen atoms in total. The highest BCUT2D eigenvalue weighted by Gasteiger charge is 2.24. The van der Waals surface area contributed by atoms with E-state index in [1.54, 1.807) is 14.0 Å². The fourth-order valence-electron chi connectivity index (χ4n) is 2.96.